The van der Waals surface area contributed by atoms with Crippen LogP contribution in [0.5, 0.6) is 0 Å². The molecule has 0 fully saturated rings. The Kier molecular flexibility index (Phi) is 5.85. The van der Waals surface area contributed by atoms with Gasteiger partial charge in [-0.1, -0.05) is 13.5 Å². The molecule has 0 radical (unpaired) electrons. The van der Waals surface area contributed by atoms with Crippen molar-refractivity contribution in [3.05, 3.63) is 12.2 Å². The van der Waals surface area contributed by atoms with Crippen molar-refractivity contribution in [3.63, 3.8) is 0 Å². The first kappa shape index (κ1) is 11.9. The number of rotatable bonds is 6. The molecule has 0 spiro atoms. The zero-order chi connectivity index (χ0) is 10.3. The summed E-state index contributed by atoms with van der Waals surface area (Å²) in [6.07, 6.45) is 1.43. The fourth-order valence-corrected chi connectivity index (χ4v) is 0.747. The van der Waals surface area contributed by atoms with E-state index in [1.807, 2.05) is 6.92 Å². The van der Waals surface area contributed by atoms with Gasteiger partial charge in [0.25, 0.3) is 0 Å². The van der Waals surface area contributed by atoms with E-state index in [0.717, 1.165) is 6.42 Å². The molecule has 0 saturated carbocycles. The number of ketones is 1. The molecule has 0 aromatic rings. The summed E-state index contributed by atoms with van der Waals surface area (Å²) >= 11 is 0. The van der Waals surface area contributed by atoms with Gasteiger partial charge >= 0.3 is 5.97 Å². The minimum absolute atomic E-state index is 0.0516. The van der Waals surface area contributed by atoms with Gasteiger partial charge in [-0.25, -0.2) is 0 Å². The second-order valence-electron chi connectivity index (χ2n) is 2.92. The lowest BCUT2D eigenvalue weighted by molar-refractivity contribution is -0.144. The smallest absolute Gasteiger partial charge is 0.305 e. The molecule has 0 aliphatic rings. The van der Waals surface area contributed by atoms with Gasteiger partial charge in [0.05, 0.1) is 6.61 Å². The fourth-order valence-electron chi connectivity index (χ4n) is 0.747. The van der Waals surface area contributed by atoms with Crippen LogP contribution in [0, 0.1) is 0 Å². The van der Waals surface area contributed by atoms with Crippen LogP contribution in [0.4, 0.5) is 0 Å². The molecule has 0 aliphatic heterocycles. The van der Waals surface area contributed by atoms with E-state index in [2.05, 4.69) is 6.58 Å². The second-order valence-corrected chi connectivity index (χ2v) is 2.92. The molecule has 13 heavy (non-hydrogen) atoms. The Morgan fingerprint density at radius 1 is 1.31 bits per heavy atom. The Morgan fingerprint density at radius 2 is 1.92 bits per heavy atom. The predicted molar refractivity (Wildman–Crippen MR) is 50.3 cm³/mol. The van der Waals surface area contributed by atoms with Crippen molar-refractivity contribution in [2.75, 3.05) is 6.61 Å². The van der Waals surface area contributed by atoms with Crippen molar-refractivity contribution in [2.45, 2.75) is 33.1 Å². The molecule has 0 N–H and O–H groups in total. The lowest BCUT2D eigenvalue weighted by Gasteiger charge is -2.02. The van der Waals surface area contributed by atoms with E-state index < -0.39 is 0 Å². The van der Waals surface area contributed by atoms with Crippen molar-refractivity contribution >= 4 is 11.8 Å². The molecule has 0 atom stereocenters. The van der Waals surface area contributed by atoms with Gasteiger partial charge in [0, 0.05) is 12.8 Å². The monoisotopic (exact) mass is 184 g/mol. The molecule has 3 nitrogen and oxygen atoms in total. The van der Waals surface area contributed by atoms with E-state index in [-0.39, 0.29) is 24.8 Å². The van der Waals surface area contributed by atoms with Crippen LogP contribution in [-0.2, 0) is 14.3 Å². The van der Waals surface area contributed by atoms with Crippen molar-refractivity contribution in [3.8, 4) is 0 Å². The zero-order valence-corrected chi connectivity index (χ0v) is 8.26. The van der Waals surface area contributed by atoms with E-state index in [1.165, 1.54) is 0 Å². The SMILES string of the molecule is C=C(C)C(=O)CCOC(=O)CCC. The molecule has 0 unspecified atom stereocenters. The van der Waals surface area contributed by atoms with Crippen LogP contribution in [0.1, 0.15) is 33.1 Å². The highest BCUT2D eigenvalue weighted by molar-refractivity contribution is 5.94. The molecule has 0 aromatic heterocycles. The van der Waals surface area contributed by atoms with Gasteiger partial charge in [-0.05, 0) is 18.9 Å². The first-order valence-corrected chi connectivity index (χ1v) is 4.42. The van der Waals surface area contributed by atoms with Gasteiger partial charge < -0.3 is 4.74 Å². The van der Waals surface area contributed by atoms with Crippen LogP contribution in [0.2, 0.25) is 0 Å². The Morgan fingerprint density at radius 3 is 2.38 bits per heavy atom. The minimum Gasteiger partial charge on any atom is -0.465 e. The van der Waals surface area contributed by atoms with Crippen molar-refractivity contribution in [1.82, 2.24) is 0 Å². The predicted octanol–water partition coefficient (Wildman–Crippen LogP) is 1.86. The molecule has 0 bridgehead atoms. The average Bonchev–Trinajstić information content (AvgIpc) is 2.04. The second kappa shape index (κ2) is 6.40. The van der Waals surface area contributed by atoms with E-state index in [4.69, 9.17) is 4.74 Å². The van der Waals surface area contributed by atoms with Gasteiger partial charge in [-0.2, -0.15) is 0 Å². The largest absolute Gasteiger partial charge is 0.465 e. The van der Waals surface area contributed by atoms with Gasteiger partial charge in [-0.3, -0.25) is 9.59 Å². The number of ether oxygens (including phenoxy) is 1. The molecule has 0 aliphatic carbocycles. The van der Waals surface area contributed by atoms with E-state index >= 15 is 0 Å². The summed E-state index contributed by atoms with van der Waals surface area (Å²) in [6, 6.07) is 0. The van der Waals surface area contributed by atoms with Crippen molar-refractivity contribution < 1.29 is 14.3 Å². The number of carbonyl (C=O) groups excluding carboxylic acids is 2. The molecular formula is C10H16O3. The van der Waals surface area contributed by atoms with Crippen LogP contribution in [0.15, 0.2) is 12.2 Å². The van der Waals surface area contributed by atoms with Gasteiger partial charge in [-0.15, -0.1) is 0 Å². The third kappa shape index (κ3) is 6.08. The first-order chi connectivity index (χ1) is 6.07. The minimum atomic E-state index is -0.239. The van der Waals surface area contributed by atoms with Gasteiger partial charge in [0.15, 0.2) is 5.78 Å². The lowest BCUT2D eigenvalue weighted by atomic mass is 10.2. The Hall–Kier alpha value is -1.12. The zero-order valence-electron chi connectivity index (χ0n) is 8.26. The number of hydrogen-bond acceptors (Lipinski definition) is 3. The van der Waals surface area contributed by atoms with Crippen LogP contribution >= 0.6 is 0 Å². The summed E-state index contributed by atoms with van der Waals surface area (Å²) in [4.78, 5) is 21.8. The molecule has 0 saturated heterocycles. The van der Waals surface area contributed by atoms with Crippen LogP contribution in [0.3, 0.4) is 0 Å². The number of hydrogen-bond donors (Lipinski definition) is 0. The quantitative estimate of drug-likeness (QED) is 0.467. The molecule has 0 amide bonds. The summed E-state index contributed by atoms with van der Waals surface area (Å²) in [5.74, 6) is -0.290. The van der Waals surface area contributed by atoms with Crippen LogP contribution in [-0.4, -0.2) is 18.4 Å². The highest BCUT2D eigenvalue weighted by Gasteiger charge is 2.04. The van der Waals surface area contributed by atoms with Crippen molar-refractivity contribution in [2.24, 2.45) is 0 Å². The van der Waals surface area contributed by atoms with Crippen LogP contribution in [0.25, 0.3) is 0 Å². The van der Waals surface area contributed by atoms with E-state index in [9.17, 15) is 9.59 Å². The van der Waals surface area contributed by atoms with E-state index in [0.29, 0.717) is 12.0 Å². The maximum absolute atomic E-state index is 11.0. The Labute approximate surface area is 78.8 Å². The summed E-state index contributed by atoms with van der Waals surface area (Å²) < 4.78 is 4.80. The Bertz CT molecular complexity index is 206. The van der Waals surface area contributed by atoms with Crippen LogP contribution < -0.4 is 0 Å². The Balaban J connectivity index is 3.50. The third-order valence-electron chi connectivity index (χ3n) is 1.52. The first-order valence-electron chi connectivity index (χ1n) is 4.42. The maximum Gasteiger partial charge on any atom is 0.305 e. The number of Topliss-reactive ketones (excluding diaryl/α,β-unsaturated/α-hetero) is 1. The standard InChI is InChI=1S/C10H16O3/c1-4-5-10(12)13-7-6-9(11)8(2)3/h2,4-7H2,1,3H3. The normalized spacial score (nSPS) is 9.38. The highest BCUT2D eigenvalue weighted by Crippen LogP contribution is 1.97. The summed E-state index contributed by atoms with van der Waals surface area (Å²) in [6.45, 7) is 7.22. The maximum atomic E-state index is 11.0. The van der Waals surface area contributed by atoms with E-state index in [1.54, 1.807) is 6.92 Å². The third-order valence-corrected chi connectivity index (χ3v) is 1.52. The number of carbonyl (C=O) groups is 2. The number of allylic oxidation sites excluding steroid dienone is 1. The number of esters is 1. The molecule has 74 valence electrons. The molecule has 3 heteroatoms. The molecule has 0 rings (SSSR count). The van der Waals surface area contributed by atoms with Gasteiger partial charge in [0.1, 0.15) is 0 Å². The average molecular weight is 184 g/mol. The summed E-state index contributed by atoms with van der Waals surface area (Å²) in [7, 11) is 0. The lowest BCUT2D eigenvalue weighted by Crippen LogP contribution is -2.09. The fraction of sp³-hybridized carbons (Fsp3) is 0.600. The van der Waals surface area contributed by atoms with Crippen molar-refractivity contribution in [1.29, 1.82) is 0 Å². The topological polar surface area (TPSA) is 43.4 Å². The molecule has 0 aromatic carbocycles. The molecular weight excluding hydrogens is 168 g/mol. The van der Waals surface area contributed by atoms with Gasteiger partial charge in [0.2, 0.25) is 0 Å². The summed E-state index contributed by atoms with van der Waals surface area (Å²) in [5.41, 5.74) is 0.506. The molecule has 0 heterocycles. The highest BCUT2D eigenvalue weighted by atomic mass is 16.5. The summed E-state index contributed by atoms with van der Waals surface area (Å²) in [5, 5.41) is 0.